The molecule has 22 heavy (non-hydrogen) atoms. The molecule has 0 bridgehead atoms. The number of aromatic nitrogens is 2. The molecule has 0 unspecified atom stereocenters. The van der Waals surface area contributed by atoms with Crippen LogP contribution in [-0.2, 0) is 0 Å². The van der Waals surface area contributed by atoms with Gasteiger partial charge in [0.25, 0.3) is 0 Å². The minimum atomic E-state index is 0.147. The Morgan fingerprint density at radius 3 is 2.73 bits per heavy atom. The summed E-state index contributed by atoms with van der Waals surface area (Å²) in [4.78, 5) is 21.0. The molecule has 0 aliphatic carbocycles. The van der Waals surface area contributed by atoms with Crippen molar-refractivity contribution >= 4 is 39.1 Å². The van der Waals surface area contributed by atoms with Gasteiger partial charge in [0, 0.05) is 5.56 Å². The number of carbonyl (C=O) groups is 1. The number of thioether (sulfide) groups is 1. The quantitative estimate of drug-likeness (QED) is 0.399. The molecule has 2 aromatic heterocycles. The zero-order valence-electron chi connectivity index (χ0n) is 12.7. The minimum absolute atomic E-state index is 0.147. The Labute approximate surface area is 137 Å². The van der Waals surface area contributed by atoms with E-state index >= 15 is 0 Å². The number of thiophene rings is 1. The molecule has 0 radical (unpaired) electrons. The molecule has 0 aliphatic rings. The van der Waals surface area contributed by atoms with Gasteiger partial charge in [-0.15, -0.1) is 11.3 Å². The van der Waals surface area contributed by atoms with Gasteiger partial charge in [-0.1, -0.05) is 17.8 Å². The maximum Gasteiger partial charge on any atom is 0.173 e. The Hall–Kier alpha value is -1.72. The van der Waals surface area contributed by atoms with Gasteiger partial charge in [0.15, 0.2) is 5.78 Å². The molecule has 1 aromatic carbocycles. The number of hydrogen-bond acceptors (Lipinski definition) is 5. The Bertz CT molecular complexity index is 855. The zero-order valence-corrected chi connectivity index (χ0v) is 14.3. The molecule has 0 amide bonds. The average Bonchev–Trinajstić information content (AvgIpc) is 2.97. The molecule has 5 heteroatoms. The van der Waals surface area contributed by atoms with Gasteiger partial charge in [0.2, 0.25) is 0 Å². The predicted molar refractivity (Wildman–Crippen MR) is 93.1 cm³/mol. The molecule has 112 valence electrons. The summed E-state index contributed by atoms with van der Waals surface area (Å²) in [5.74, 6) is 0.543. The van der Waals surface area contributed by atoms with Crippen molar-refractivity contribution in [1.29, 1.82) is 0 Å². The summed E-state index contributed by atoms with van der Waals surface area (Å²) in [6.07, 6.45) is 1.56. The highest BCUT2D eigenvalue weighted by atomic mass is 32.2. The minimum Gasteiger partial charge on any atom is -0.293 e. The number of carbonyl (C=O) groups excluding carboxylic acids is 1. The van der Waals surface area contributed by atoms with Crippen LogP contribution in [0.1, 0.15) is 27.0 Å². The number of fused-ring (bicyclic) bond motifs is 1. The molecule has 0 atom stereocenters. The second-order valence-electron chi connectivity index (χ2n) is 5.28. The lowest BCUT2D eigenvalue weighted by atomic mass is 9.99. The van der Waals surface area contributed by atoms with Crippen molar-refractivity contribution < 1.29 is 4.79 Å². The standard InChI is InChI=1S/C17H16N2OS2/c1-10-6-12(3)13(7-11(10)2)15(20)8-22-17-16-14(4-5-21-16)18-9-19-17/h4-7,9H,8H2,1-3H3. The number of hydrogen-bond donors (Lipinski definition) is 0. The van der Waals surface area contributed by atoms with Crippen molar-refractivity contribution in [3.8, 4) is 0 Å². The van der Waals surface area contributed by atoms with Gasteiger partial charge in [-0.25, -0.2) is 9.97 Å². The molecule has 0 fully saturated rings. The van der Waals surface area contributed by atoms with Crippen molar-refractivity contribution in [2.45, 2.75) is 25.8 Å². The van der Waals surface area contributed by atoms with Crippen LogP contribution < -0.4 is 0 Å². The number of rotatable bonds is 4. The van der Waals surface area contributed by atoms with Crippen LogP contribution in [-0.4, -0.2) is 21.5 Å². The number of ketones is 1. The molecule has 0 spiro atoms. The lowest BCUT2D eigenvalue weighted by Crippen LogP contribution is -2.06. The summed E-state index contributed by atoms with van der Waals surface area (Å²) in [6, 6.07) is 6.05. The SMILES string of the molecule is Cc1cc(C)c(C(=O)CSc2ncnc3ccsc23)cc1C. The van der Waals surface area contributed by atoms with Crippen LogP contribution >= 0.6 is 23.1 Å². The second-order valence-corrected chi connectivity index (χ2v) is 7.16. The monoisotopic (exact) mass is 328 g/mol. The van der Waals surface area contributed by atoms with Crippen LogP contribution in [0.3, 0.4) is 0 Å². The summed E-state index contributed by atoms with van der Waals surface area (Å²) in [5, 5.41) is 2.88. The smallest absolute Gasteiger partial charge is 0.173 e. The van der Waals surface area contributed by atoms with E-state index < -0.39 is 0 Å². The number of Topliss-reactive ketones (excluding diaryl/α,β-unsaturated/α-hetero) is 1. The average molecular weight is 328 g/mol. The van der Waals surface area contributed by atoms with Gasteiger partial charge in [-0.3, -0.25) is 4.79 Å². The highest BCUT2D eigenvalue weighted by molar-refractivity contribution is 8.00. The van der Waals surface area contributed by atoms with Crippen LogP contribution in [0.15, 0.2) is 34.9 Å². The maximum atomic E-state index is 12.5. The molecular formula is C17H16N2OS2. The fourth-order valence-electron chi connectivity index (χ4n) is 2.34. The second kappa shape index (κ2) is 6.18. The fourth-order valence-corrected chi connectivity index (χ4v) is 4.17. The highest BCUT2D eigenvalue weighted by Gasteiger charge is 2.13. The van der Waals surface area contributed by atoms with Crippen molar-refractivity contribution in [3.63, 3.8) is 0 Å². The molecule has 3 aromatic rings. The first-order valence-corrected chi connectivity index (χ1v) is 8.85. The third kappa shape index (κ3) is 2.91. The largest absolute Gasteiger partial charge is 0.293 e. The Morgan fingerprint density at radius 1 is 1.14 bits per heavy atom. The van der Waals surface area contributed by atoms with Gasteiger partial charge < -0.3 is 0 Å². The summed E-state index contributed by atoms with van der Waals surface area (Å²) in [7, 11) is 0. The van der Waals surface area contributed by atoms with E-state index in [9.17, 15) is 4.79 Å². The van der Waals surface area contributed by atoms with Crippen LogP contribution in [0.4, 0.5) is 0 Å². The van der Waals surface area contributed by atoms with Crippen LogP contribution in [0, 0.1) is 20.8 Å². The molecule has 3 nitrogen and oxygen atoms in total. The van der Waals surface area contributed by atoms with Gasteiger partial charge in [-0.05, 0) is 55.0 Å². The summed E-state index contributed by atoms with van der Waals surface area (Å²) in [6.45, 7) is 6.10. The Kier molecular flexibility index (Phi) is 4.27. The first-order chi connectivity index (χ1) is 10.6. The van der Waals surface area contributed by atoms with Gasteiger partial charge >= 0.3 is 0 Å². The van der Waals surface area contributed by atoms with Crippen LogP contribution in [0.2, 0.25) is 0 Å². The van der Waals surface area contributed by atoms with E-state index in [-0.39, 0.29) is 5.78 Å². The van der Waals surface area contributed by atoms with E-state index in [4.69, 9.17) is 0 Å². The van der Waals surface area contributed by atoms with Gasteiger partial charge in [0.1, 0.15) is 11.4 Å². The summed E-state index contributed by atoms with van der Waals surface area (Å²) in [5.41, 5.74) is 5.17. The lowest BCUT2D eigenvalue weighted by Gasteiger charge is -2.09. The Balaban J connectivity index is 1.81. The van der Waals surface area contributed by atoms with E-state index in [1.54, 1.807) is 17.7 Å². The fraction of sp³-hybridized carbons (Fsp3) is 0.235. The lowest BCUT2D eigenvalue weighted by molar-refractivity contribution is 0.102. The molecule has 0 aliphatic heterocycles. The number of aryl methyl sites for hydroxylation is 3. The summed E-state index contributed by atoms with van der Waals surface area (Å²) >= 11 is 3.10. The molecule has 0 saturated heterocycles. The number of nitrogens with zero attached hydrogens (tertiary/aromatic N) is 2. The third-order valence-electron chi connectivity index (χ3n) is 3.69. The van der Waals surface area contributed by atoms with Gasteiger partial charge in [0.05, 0.1) is 16.0 Å². The normalized spacial score (nSPS) is 11.0. The summed E-state index contributed by atoms with van der Waals surface area (Å²) < 4.78 is 1.05. The zero-order chi connectivity index (χ0) is 15.7. The predicted octanol–water partition coefficient (Wildman–Crippen LogP) is 4.59. The third-order valence-corrected chi connectivity index (χ3v) is 5.72. The van der Waals surface area contributed by atoms with E-state index in [1.807, 2.05) is 31.4 Å². The van der Waals surface area contributed by atoms with E-state index in [2.05, 4.69) is 23.0 Å². The Morgan fingerprint density at radius 2 is 1.91 bits per heavy atom. The topological polar surface area (TPSA) is 42.9 Å². The van der Waals surface area contributed by atoms with Crippen molar-refractivity contribution in [1.82, 2.24) is 9.97 Å². The molecule has 3 rings (SSSR count). The molecule has 2 heterocycles. The molecule has 0 N–H and O–H groups in total. The van der Waals surface area contributed by atoms with E-state index in [0.717, 1.165) is 31.9 Å². The van der Waals surface area contributed by atoms with E-state index in [0.29, 0.717) is 5.75 Å². The first kappa shape index (κ1) is 15.2. The highest BCUT2D eigenvalue weighted by Crippen LogP contribution is 2.29. The van der Waals surface area contributed by atoms with Crippen LogP contribution in [0.5, 0.6) is 0 Å². The maximum absolute atomic E-state index is 12.5. The van der Waals surface area contributed by atoms with Gasteiger partial charge in [-0.2, -0.15) is 0 Å². The number of benzene rings is 1. The molecular weight excluding hydrogens is 312 g/mol. The van der Waals surface area contributed by atoms with Crippen LogP contribution in [0.25, 0.3) is 10.2 Å². The van der Waals surface area contributed by atoms with Crippen molar-refractivity contribution in [2.24, 2.45) is 0 Å². The van der Waals surface area contributed by atoms with Crippen molar-refractivity contribution in [2.75, 3.05) is 5.75 Å². The van der Waals surface area contributed by atoms with E-state index in [1.165, 1.54) is 17.3 Å². The first-order valence-electron chi connectivity index (χ1n) is 6.98. The van der Waals surface area contributed by atoms with Crippen molar-refractivity contribution in [3.05, 3.63) is 52.2 Å². The molecule has 0 saturated carbocycles.